The van der Waals surface area contributed by atoms with Gasteiger partial charge in [0.05, 0.1) is 4.92 Å². The number of hydrogen-bond acceptors (Lipinski definition) is 5. The zero-order valence-electron chi connectivity index (χ0n) is 8.43. The smallest absolute Gasteiger partial charge is 0.744 e. The van der Waals surface area contributed by atoms with Crippen LogP contribution in [0.1, 0.15) is 5.56 Å². The van der Waals surface area contributed by atoms with E-state index in [0.29, 0.717) is 5.56 Å². The molecule has 82 valence electrons. The summed E-state index contributed by atoms with van der Waals surface area (Å²) in [5.74, 6) is 0. The van der Waals surface area contributed by atoms with Gasteiger partial charge in [-0.1, -0.05) is 11.6 Å². The van der Waals surface area contributed by atoms with Gasteiger partial charge < -0.3 is 4.55 Å². The third kappa shape index (κ3) is 3.20. The molecule has 6 nitrogen and oxygen atoms in total. The van der Waals surface area contributed by atoms with Crippen molar-refractivity contribution in [1.82, 2.24) is 0 Å². The summed E-state index contributed by atoms with van der Waals surface area (Å²) >= 11 is 5.57. The summed E-state index contributed by atoms with van der Waals surface area (Å²) < 4.78 is 32.1. The van der Waals surface area contributed by atoms with Crippen molar-refractivity contribution >= 4 is 27.4 Å². The van der Waals surface area contributed by atoms with Crippen molar-refractivity contribution in [3.05, 3.63) is 32.8 Å². The zero-order chi connectivity index (χ0) is 11.8. The Kier molecular flexibility index (Phi) is 4.98. The largest absolute Gasteiger partial charge is 1.00 e. The number of nitro benzene ring substituents is 1. The predicted octanol–water partition coefficient (Wildman–Crippen LogP) is -1.54. The molecule has 0 aromatic heterocycles. The molecular formula is C7H5ClLiNO5S. The summed E-state index contributed by atoms with van der Waals surface area (Å²) in [4.78, 5) is 8.64. The Labute approximate surface area is 109 Å². The van der Waals surface area contributed by atoms with Crippen LogP contribution < -0.4 is 18.9 Å². The minimum Gasteiger partial charge on any atom is -0.744 e. The van der Waals surface area contributed by atoms with Crippen LogP contribution in [0, 0.1) is 17.0 Å². The second-order valence-electron chi connectivity index (χ2n) is 2.78. The van der Waals surface area contributed by atoms with Gasteiger partial charge >= 0.3 is 18.9 Å². The van der Waals surface area contributed by atoms with E-state index >= 15 is 0 Å². The fraction of sp³-hybridized carbons (Fsp3) is 0.143. The van der Waals surface area contributed by atoms with Crippen molar-refractivity contribution in [3.8, 4) is 0 Å². The van der Waals surface area contributed by atoms with E-state index in [4.69, 9.17) is 11.6 Å². The average molecular weight is 258 g/mol. The average Bonchev–Trinajstić information content (AvgIpc) is 2.06. The van der Waals surface area contributed by atoms with Gasteiger partial charge in [-0.15, -0.1) is 0 Å². The number of benzene rings is 1. The van der Waals surface area contributed by atoms with Crippen molar-refractivity contribution in [2.24, 2.45) is 0 Å². The molecule has 0 atom stereocenters. The van der Waals surface area contributed by atoms with Crippen molar-refractivity contribution in [3.63, 3.8) is 0 Å². The van der Waals surface area contributed by atoms with Gasteiger partial charge in [-0.2, -0.15) is 0 Å². The predicted molar refractivity (Wildman–Crippen MR) is 50.8 cm³/mol. The van der Waals surface area contributed by atoms with Crippen LogP contribution in [0.5, 0.6) is 0 Å². The minimum atomic E-state index is -4.89. The van der Waals surface area contributed by atoms with Crippen molar-refractivity contribution in [1.29, 1.82) is 0 Å². The van der Waals surface area contributed by atoms with Gasteiger partial charge in [0.15, 0.2) is 0 Å². The van der Waals surface area contributed by atoms with Gasteiger partial charge in [0.2, 0.25) is 0 Å². The molecule has 0 saturated carbocycles. The van der Waals surface area contributed by atoms with Crippen LogP contribution in [-0.2, 0) is 10.1 Å². The summed E-state index contributed by atoms with van der Waals surface area (Å²) in [6.07, 6.45) is 0. The summed E-state index contributed by atoms with van der Waals surface area (Å²) in [5, 5.41) is 10.5. The fourth-order valence-corrected chi connectivity index (χ4v) is 1.87. The molecule has 0 unspecified atom stereocenters. The van der Waals surface area contributed by atoms with E-state index in [-0.39, 0.29) is 23.9 Å². The maximum atomic E-state index is 10.7. The van der Waals surface area contributed by atoms with Crippen LogP contribution in [-0.4, -0.2) is 17.9 Å². The summed E-state index contributed by atoms with van der Waals surface area (Å²) in [6.45, 7) is 1.47. The summed E-state index contributed by atoms with van der Waals surface area (Å²) in [6, 6.07) is 1.74. The minimum absolute atomic E-state index is 0. The third-order valence-electron chi connectivity index (χ3n) is 1.71. The molecule has 1 rings (SSSR count). The third-order valence-corrected chi connectivity index (χ3v) is 2.98. The fourth-order valence-electron chi connectivity index (χ4n) is 0.991. The van der Waals surface area contributed by atoms with Crippen molar-refractivity contribution in [2.45, 2.75) is 11.8 Å². The van der Waals surface area contributed by atoms with Crippen LogP contribution in [0.25, 0.3) is 0 Å². The molecular weight excluding hydrogens is 253 g/mol. The second kappa shape index (κ2) is 5.16. The first kappa shape index (κ1) is 15.4. The van der Waals surface area contributed by atoms with E-state index in [9.17, 15) is 23.1 Å². The van der Waals surface area contributed by atoms with Crippen LogP contribution >= 0.6 is 11.6 Å². The van der Waals surface area contributed by atoms with Crippen molar-refractivity contribution < 1.29 is 36.8 Å². The summed E-state index contributed by atoms with van der Waals surface area (Å²) in [7, 11) is -4.89. The Morgan fingerprint density at radius 1 is 1.38 bits per heavy atom. The number of rotatable bonds is 2. The first-order valence-electron chi connectivity index (χ1n) is 3.64. The molecule has 0 aliphatic rings. The topological polar surface area (TPSA) is 100 Å². The van der Waals surface area contributed by atoms with Crippen LogP contribution in [0.4, 0.5) is 5.69 Å². The quantitative estimate of drug-likeness (QED) is 0.277. The molecule has 0 N–H and O–H groups in total. The maximum Gasteiger partial charge on any atom is 1.00 e. The molecule has 1 aromatic rings. The van der Waals surface area contributed by atoms with E-state index in [2.05, 4.69) is 0 Å². The van der Waals surface area contributed by atoms with Crippen molar-refractivity contribution in [2.75, 3.05) is 0 Å². The second-order valence-corrected chi connectivity index (χ2v) is 4.54. The molecule has 0 bridgehead atoms. The first-order valence-corrected chi connectivity index (χ1v) is 5.42. The van der Waals surface area contributed by atoms with Gasteiger partial charge in [0, 0.05) is 11.1 Å². The molecule has 0 radical (unpaired) electrons. The molecule has 0 amide bonds. The number of hydrogen-bond donors (Lipinski definition) is 0. The van der Waals surface area contributed by atoms with E-state index in [1.165, 1.54) is 6.92 Å². The molecule has 9 heteroatoms. The molecule has 0 saturated heterocycles. The molecule has 1 aromatic carbocycles. The maximum absolute atomic E-state index is 10.7. The van der Waals surface area contributed by atoms with Crippen LogP contribution in [0.2, 0.25) is 5.02 Å². The van der Waals surface area contributed by atoms with Gasteiger partial charge in [0.25, 0.3) is 5.69 Å². The molecule has 0 fully saturated rings. The normalized spacial score (nSPS) is 10.7. The van der Waals surface area contributed by atoms with Gasteiger partial charge in [0.1, 0.15) is 15.0 Å². The number of halogens is 1. The standard InChI is InChI=1S/C7H6ClNO5S.Li/c1-4-2-6(9(10)11)7(3-5(4)8)15(12,13)14;/h2-3H,1H3,(H,12,13,14);/q;+1/p-1. The van der Waals surface area contributed by atoms with Gasteiger partial charge in [-0.3, -0.25) is 10.1 Å². The molecule has 0 aliphatic heterocycles. The van der Waals surface area contributed by atoms with Gasteiger partial charge in [-0.25, -0.2) is 8.42 Å². The van der Waals surface area contributed by atoms with E-state index in [1.807, 2.05) is 0 Å². The Morgan fingerprint density at radius 2 is 1.88 bits per heavy atom. The van der Waals surface area contributed by atoms with E-state index in [1.54, 1.807) is 0 Å². The number of nitrogens with zero attached hydrogens (tertiary/aromatic N) is 1. The van der Waals surface area contributed by atoms with Crippen LogP contribution in [0.15, 0.2) is 17.0 Å². The Bertz CT molecular complexity index is 530. The first-order chi connectivity index (χ1) is 6.73. The van der Waals surface area contributed by atoms with Gasteiger partial charge in [-0.05, 0) is 18.6 Å². The molecule has 0 spiro atoms. The zero-order valence-corrected chi connectivity index (χ0v) is 10.0. The Balaban J connectivity index is 0.00000225. The Hall–Kier alpha value is -0.583. The van der Waals surface area contributed by atoms with E-state index < -0.39 is 25.6 Å². The monoisotopic (exact) mass is 257 g/mol. The Morgan fingerprint density at radius 3 is 2.25 bits per heavy atom. The van der Waals surface area contributed by atoms with E-state index in [0.717, 1.165) is 12.1 Å². The summed E-state index contributed by atoms with van der Waals surface area (Å²) in [5.41, 5.74) is -0.428. The number of nitro groups is 1. The molecule has 0 aliphatic carbocycles. The molecule has 0 heterocycles. The van der Waals surface area contributed by atoms with Crippen LogP contribution in [0.3, 0.4) is 0 Å². The molecule has 16 heavy (non-hydrogen) atoms. The number of aryl methyl sites for hydroxylation is 1. The SMILES string of the molecule is Cc1cc([N+](=O)[O-])c(S(=O)(=O)[O-])cc1Cl.[Li+].